The smallest absolute Gasteiger partial charge is 0.0545 e. The summed E-state index contributed by atoms with van der Waals surface area (Å²) >= 11 is 0. The second-order valence-corrected chi connectivity index (χ2v) is 4.16. The van der Waals surface area contributed by atoms with Crippen molar-refractivity contribution in [1.82, 2.24) is 0 Å². The standard InChI is InChI=1S/C8H14O3/c9-3-7-1-8(2-7,4-10)6-11-5-7/h9-10H,1-6H2. The molecule has 0 aromatic heterocycles. The molecule has 1 aliphatic carbocycles. The van der Waals surface area contributed by atoms with E-state index in [0.717, 1.165) is 12.8 Å². The Kier molecular flexibility index (Phi) is 1.50. The Hall–Kier alpha value is -0.120. The van der Waals surface area contributed by atoms with Crippen LogP contribution in [0.3, 0.4) is 0 Å². The molecule has 2 aliphatic heterocycles. The third kappa shape index (κ3) is 0.916. The first-order valence-electron chi connectivity index (χ1n) is 4.04. The van der Waals surface area contributed by atoms with Gasteiger partial charge in [0.25, 0.3) is 0 Å². The molecule has 64 valence electrons. The maximum atomic E-state index is 9.04. The van der Waals surface area contributed by atoms with Crippen molar-refractivity contribution in [2.45, 2.75) is 12.8 Å². The Morgan fingerprint density at radius 3 is 1.82 bits per heavy atom. The van der Waals surface area contributed by atoms with Crippen LogP contribution in [-0.4, -0.2) is 36.6 Å². The average Bonchev–Trinajstić information content (AvgIpc) is 2.04. The molecule has 2 saturated heterocycles. The minimum atomic E-state index is 0.000972. The zero-order chi connectivity index (χ0) is 7.95. The summed E-state index contributed by atoms with van der Waals surface area (Å²) in [6.07, 6.45) is 1.88. The second kappa shape index (κ2) is 2.19. The largest absolute Gasteiger partial charge is 0.396 e. The van der Waals surface area contributed by atoms with Crippen LogP contribution in [0.2, 0.25) is 0 Å². The predicted octanol–water partition coefficient (Wildman–Crippen LogP) is -0.232. The van der Waals surface area contributed by atoms with Crippen molar-refractivity contribution in [3.05, 3.63) is 0 Å². The molecule has 11 heavy (non-hydrogen) atoms. The molecule has 3 aliphatic rings. The molecule has 2 bridgehead atoms. The lowest BCUT2D eigenvalue weighted by molar-refractivity contribution is -0.221. The fraction of sp³-hybridized carbons (Fsp3) is 1.00. The molecule has 0 spiro atoms. The van der Waals surface area contributed by atoms with Crippen molar-refractivity contribution in [1.29, 1.82) is 0 Å². The van der Waals surface area contributed by atoms with E-state index in [1.165, 1.54) is 0 Å². The Morgan fingerprint density at radius 1 is 1.00 bits per heavy atom. The summed E-state index contributed by atoms with van der Waals surface area (Å²) in [5, 5.41) is 18.1. The number of ether oxygens (including phenoxy) is 1. The molecular weight excluding hydrogens is 144 g/mol. The molecule has 0 aromatic rings. The highest BCUT2D eigenvalue weighted by molar-refractivity contribution is 5.05. The van der Waals surface area contributed by atoms with E-state index in [9.17, 15) is 0 Å². The first kappa shape index (κ1) is 7.53. The molecule has 0 aromatic carbocycles. The van der Waals surface area contributed by atoms with E-state index in [-0.39, 0.29) is 24.0 Å². The molecule has 0 atom stereocenters. The SMILES string of the molecule is OCC12COCC(CO)(C1)C2. The van der Waals surface area contributed by atoms with Crippen LogP contribution in [0.5, 0.6) is 0 Å². The number of fused-ring (bicyclic) bond motifs is 2. The van der Waals surface area contributed by atoms with Crippen molar-refractivity contribution in [3.8, 4) is 0 Å². The lowest BCUT2D eigenvalue weighted by Crippen LogP contribution is -2.59. The van der Waals surface area contributed by atoms with Crippen molar-refractivity contribution < 1.29 is 14.9 Å². The Bertz CT molecular complexity index is 145. The number of aliphatic hydroxyl groups excluding tert-OH is 2. The minimum absolute atomic E-state index is 0.000972. The third-order valence-electron chi connectivity index (χ3n) is 2.99. The summed E-state index contributed by atoms with van der Waals surface area (Å²) in [4.78, 5) is 0. The molecule has 3 nitrogen and oxygen atoms in total. The van der Waals surface area contributed by atoms with E-state index in [1.807, 2.05) is 0 Å². The molecule has 0 unspecified atom stereocenters. The Labute approximate surface area is 66.0 Å². The number of rotatable bonds is 2. The second-order valence-electron chi connectivity index (χ2n) is 4.16. The van der Waals surface area contributed by atoms with Gasteiger partial charge in [0.1, 0.15) is 0 Å². The van der Waals surface area contributed by atoms with E-state index in [1.54, 1.807) is 0 Å². The lowest BCUT2D eigenvalue weighted by atomic mass is 9.52. The highest BCUT2D eigenvalue weighted by Crippen LogP contribution is 2.57. The molecule has 2 N–H and O–H groups in total. The fourth-order valence-electron chi connectivity index (χ4n) is 2.54. The molecular formula is C8H14O3. The maximum absolute atomic E-state index is 9.04. The van der Waals surface area contributed by atoms with Crippen molar-refractivity contribution in [2.75, 3.05) is 26.4 Å². The summed E-state index contributed by atoms with van der Waals surface area (Å²) in [5.41, 5.74) is 0.00194. The lowest BCUT2D eigenvalue weighted by Gasteiger charge is -2.58. The summed E-state index contributed by atoms with van der Waals surface area (Å²) < 4.78 is 5.30. The van der Waals surface area contributed by atoms with Gasteiger partial charge in [-0.15, -0.1) is 0 Å². The maximum Gasteiger partial charge on any atom is 0.0545 e. The van der Waals surface area contributed by atoms with Crippen LogP contribution in [-0.2, 0) is 4.74 Å². The quantitative estimate of drug-likeness (QED) is 0.583. The summed E-state index contributed by atoms with van der Waals surface area (Å²) in [6.45, 7) is 1.75. The molecule has 0 radical (unpaired) electrons. The van der Waals surface area contributed by atoms with Gasteiger partial charge in [0.2, 0.25) is 0 Å². The van der Waals surface area contributed by atoms with Gasteiger partial charge in [-0.1, -0.05) is 0 Å². The van der Waals surface area contributed by atoms with Gasteiger partial charge in [-0.25, -0.2) is 0 Å². The monoisotopic (exact) mass is 158 g/mol. The third-order valence-corrected chi connectivity index (χ3v) is 2.99. The van der Waals surface area contributed by atoms with Crippen LogP contribution in [0.15, 0.2) is 0 Å². The zero-order valence-corrected chi connectivity index (χ0v) is 6.55. The molecule has 0 amide bonds. The predicted molar refractivity (Wildman–Crippen MR) is 39.1 cm³/mol. The molecule has 2 heterocycles. The number of hydrogen-bond donors (Lipinski definition) is 2. The first-order valence-corrected chi connectivity index (χ1v) is 4.04. The van der Waals surface area contributed by atoms with Gasteiger partial charge in [-0.3, -0.25) is 0 Å². The summed E-state index contributed by atoms with van der Waals surface area (Å²) in [5.74, 6) is 0. The average molecular weight is 158 g/mol. The van der Waals surface area contributed by atoms with Gasteiger partial charge in [-0.2, -0.15) is 0 Å². The number of hydrogen-bond acceptors (Lipinski definition) is 3. The van der Waals surface area contributed by atoms with Crippen LogP contribution in [0.4, 0.5) is 0 Å². The van der Waals surface area contributed by atoms with Gasteiger partial charge in [0, 0.05) is 10.8 Å². The van der Waals surface area contributed by atoms with Gasteiger partial charge in [-0.05, 0) is 12.8 Å². The van der Waals surface area contributed by atoms with Crippen LogP contribution in [0.25, 0.3) is 0 Å². The zero-order valence-electron chi connectivity index (χ0n) is 6.55. The van der Waals surface area contributed by atoms with Crippen LogP contribution < -0.4 is 0 Å². The van der Waals surface area contributed by atoms with Crippen LogP contribution in [0.1, 0.15) is 12.8 Å². The van der Waals surface area contributed by atoms with Gasteiger partial charge >= 0.3 is 0 Å². The van der Waals surface area contributed by atoms with Crippen molar-refractivity contribution in [2.24, 2.45) is 10.8 Å². The Balaban J connectivity index is 2.05. The number of aliphatic hydroxyl groups is 2. The topological polar surface area (TPSA) is 49.7 Å². The Morgan fingerprint density at radius 2 is 1.45 bits per heavy atom. The highest BCUT2D eigenvalue weighted by atomic mass is 16.5. The van der Waals surface area contributed by atoms with E-state index in [4.69, 9.17) is 14.9 Å². The van der Waals surface area contributed by atoms with Crippen LogP contribution >= 0.6 is 0 Å². The first-order chi connectivity index (χ1) is 5.24. The van der Waals surface area contributed by atoms with E-state index in [0.29, 0.717) is 13.2 Å². The molecule has 3 rings (SSSR count). The van der Waals surface area contributed by atoms with Crippen LogP contribution in [0, 0.1) is 10.8 Å². The normalized spacial score (nSPS) is 48.5. The highest BCUT2D eigenvalue weighted by Gasteiger charge is 2.57. The van der Waals surface area contributed by atoms with Gasteiger partial charge in [0.15, 0.2) is 0 Å². The van der Waals surface area contributed by atoms with E-state index in [2.05, 4.69) is 0 Å². The summed E-state index contributed by atoms with van der Waals surface area (Å²) in [7, 11) is 0. The van der Waals surface area contributed by atoms with E-state index >= 15 is 0 Å². The van der Waals surface area contributed by atoms with Crippen molar-refractivity contribution in [3.63, 3.8) is 0 Å². The summed E-state index contributed by atoms with van der Waals surface area (Å²) in [6, 6.07) is 0. The molecule has 3 heteroatoms. The molecule has 1 saturated carbocycles. The van der Waals surface area contributed by atoms with E-state index < -0.39 is 0 Å². The minimum Gasteiger partial charge on any atom is -0.396 e. The molecule has 3 fully saturated rings. The van der Waals surface area contributed by atoms with Crippen molar-refractivity contribution >= 4 is 0 Å². The van der Waals surface area contributed by atoms with Gasteiger partial charge < -0.3 is 14.9 Å². The van der Waals surface area contributed by atoms with Gasteiger partial charge in [0.05, 0.1) is 26.4 Å². The fourth-order valence-corrected chi connectivity index (χ4v) is 2.54.